The molecule has 1 aromatic rings. The fraction of sp³-hybridized carbons (Fsp3) is 0.364. The molecule has 0 aliphatic heterocycles. The third-order valence-corrected chi connectivity index (χ3v) is 5.59. The van der Waals surface area contributed by atoms with Gasteiger partial charge in [0.05, 0.1) is 11.1 Å². The number of nitrogens with one attached hydrogen (secondary N) is 1. The predicted octanol–water partition coefficient (Wildman–Crippen LogP) is 2.68. The monoisotopic (exact) mass is 348 g/mol. The van der Waals surface area contributed by atoms with Crippen molar-refractivity contribution in [3.63, 3.8) is 0 Å². The third kappa shape index (κ3) is 2.86. The maximum Gasteiger partial charge on any atom is 0.244 e. The average Bonchev–Trinajstić information content (AvgIpc) is 3.09. The van der Waals surface area contributed by atoms with Gasteiger partial charge in [0.1, 0.15) is 10.9 Å². The van der Waals surface area contributed by atoms with Crippen LogP contribution in [0.15, 0.2) is 27.6 Å². The van der Waals surface area contributed by atoms with E-state index in [9.17, 15) is 8.42 Å². The van der Waals surface area contributed by atoms with Crippen LogP contribution in [0.4, 0.5) is 0 Å². The normalized spacial score (nSPS) is 17.2. The third-order valence-electron chi connectivity index (χ3n) is 2.70. The van der Waals surface area contributed by atoms with Crippen molar-refractivity contribution in [1.29, 1.82) is 5.26 Å². The first-order valence-electron chi connectivity index (χ1n) is 5.31. The zero-order chi connectivity index (χ0) is 13.3. The lowest BCUT2D eigenvalue weighted by Crippen LogP contribution is -2.35. The van der Waals surface area contributed by atoms with Gasteiger partial charge >= 0.3 is 0 Å². The van der Waals surface area contributed by atoms with Gasteiger partial charge in [0.2, 0.25) is 10.0 Å². The van der Waals surface area contributed by atoms with E-state index in [0.717, 1.165) is 12.8 Å². The second-order valence-corrected chi connectivity index (χ2v) is 7.03. The minimum absolute atomic E-state index is 0.0208. The first-order chi connectivity index (χ1) is 8.45. The van der Waals surface area contributed by atoms with Crippen molar-refractivity contribution in [2.24, 2.45) is 5.92 Å². The van der Waals surface area contributed by atoms with Crippen molar-refractivity contribution in [3.05, 3.63) is 27.7 Å². The highest BCUT2D eigenvalue weighted by molar-refractivity contribution is 9.10. The van der Waals surface area contributed by atoms with E-state index in [1.54, 1.807) is 12.1 Å². The summed E-state index contributed by atoms with van der Waals surface area (Å²) in [5.74, 6) is 0.117. The van der Waals surface area contributed by atoms with Crippen LogP contribution in [-0.2, 0) is 10.0 Å². The molecule has 1 aromatic carbocycles. The van der Waals surface area contributed by atoms with Crippen LogP contribution in [0.3, 0.4) is 0 Å². The summed E-state index contributed by atoms with van der Waals surface area (Å²) >= 11 is 9.06. The SMILES string of the molecule is N#CC(NS(=O)(=O)c1c(Cl)cccc1Br)C1CC1. The van der Waals surface area contributed by atoms with Crippen LogP contribution in [0.25, 0.3) is 0 Å². The highest BCUT2D eigenvalue weighted by atomic mass is 79.9. The maximum absolute atomic E-state index is 12.2. The Balaban J connectivity index is 2.34. The van der Waals surface area contributed by atoms with E-state index in [2.05, 4.69) is 20.7 Å². The van der Waals surface area contributed by atoms with E-state index in [1.165, 1.54) is 6.07 Å². The molecular weight excluding hydrogens is 340 g/mol. The fourth-order valence-electron chi connectivity index (χ4n) is 1.62. The predicted molar refractivity (Wildman–Crippen MR) is 71.6 cm³/mol. The highest BCUT2D eigenvalue weighted by Gasteiger charge is 2.35. The molecule has 1 saturated carbocycles. The molecule has 1 aliphatic rings. The molecule has 1 unspecified atom stereocenters. The van der Waals surface area contributed by atoms with Crippen LogP contribution in [0.2, 0.25) is 5.02 Å². The van der Waals surface area contributed by atoms with Gasteiger partial charge in [-0.25, -0.2) is 8.42 Å². The summed E-state index contributed by atoms with van der Waals surface area (Å²) in [7, 11) is -3.79. The number of rotatable bonds is 4. The van der Waals surface area contributed by atoms with E-state index >= 15 is 0 Å². The second kappa shape index (κ2) is 5.17. The quantitative estimate of drug-likeness (QED) is 0.908. The lowest BCUT2D eigenvalue weighted by Gasteiger charge is -2.13. The summed E-state index contributed by atoms with van der Waals surface area (Å²) in [6, 6.07) is 6.04. The molecule has 0 bridgehead atoms. The zero-order valence-electron chi connectivity index (χ0n) is 9.23. The van der Waals surface area contributed by atoms with Gasteiger partial charge < -0.3 is 0 Å². The Morgan fingerprint density at radius 1 is 1.50 bits per heavy atom. The Bertz CT molecular complexity index is 588. The Hall–Kier alpha value is -0.610. The van der Waals surface area contributed by atoms with Crippen molar-refractivity contribution in [2.75, 3.05) is 0 Å². The molecule has 1 fully saturated rings. The fourth-order valence-corrected chi connectivity index (χ4v) is 4.57. The first-order valence-corrected chi connectivity index (χ1v) is 7.97. The second-order valence-electron chi connectivity index (χ2n) is 4.12. The molecular formula is C11H10BrClN2O2S. The summed E-state index contributed by atoms with van der Waals surface area (Å²) < 4.78 is 27.2. The summed E-state index contributed by atoms with van der Waals surface area (Å²) in [5, 5.41) is 9.09. The van der Waals surface area contributed by atoms with Crippen LogP contribution in [-0.4, -0.2) is 14.5 Å². The minimum atomic E-state index is -3.79. The van der Waals surface area contributed by atoms with Crippen LogP contribution in [0.5, 0.6) is 0 Å². The van der Waals surface area contributed by atoms with Crippen LogP contribution in [0.1, 0.15) is 12.8 Å². The molecule has 1 aliphatic carbocycles. The van der Waals surface area contributed by atoms with Gasteiger partial charge in [-0.2, -0.15) is 9.98 Å². The van der Waals surface area contributed by atoms with Gasteiger partial charge in [0.15, 0.2) is 0 Å². The Kier molecular flexibility index (Phi) is 3.97. The van der Waals surface area contributed by atoms with E-state index in [-0.39, 0.29) is 15.8 Å². The molecule has 2 rings (SSSR count). The average molecular weight is 350 g/mol. The van der Waals surface area contributed by atoms with E-state index < -0.39 is 16.1 Å². The van der Waals surface area contributed by atoms with Gasteiger partial charge in [-0.1, -0.05) is 17.7 Å². The van der Waals surface area contributed by atoms with Gasteiger partial charge in [-0.15, -0.1) is 0 Å². The van der Waals surface area contributed by atoms with Crippen molar-refractivity contribution in [3.8, 4) is 6.07 Å². The number of sulfonamides is 1. The van der Waals surface area contributed by atoms with Gasteiger partial charge in [0, 0.05) is 4.47 Å². The Morgan fingerprint density at radius 2 is 2.17 bits per heavy atom. The van der Waals surface area contributed by atoms with Crippen LogP contribution in [0, 0.1) is 17.2 Å². The molecule has 0 aromatic heterocycles. The molecule has 4 nitrogen and oxygen atoms in total. The number of hydrogen-bond acceptors (Lipinski definition) is 3. The van der Waals surface area contributed by atoms with Gasteiger partial charge in [-0.3, -0.25) is 0 Å². The molecule has 7 heteroatoms. The number of hydrogen-bond donors (Lipinski definition) is 1. The number of nitrogens with zero attached hydrogens (tertiary/aromatic N) is 1. The summed E-state index contributed by atoms with van der Waals surface area (Å²) in [5.41, 5.74) is 0. The first kappa shape index (κ1) is 13.8. The van der Waals surface area contributed by atoms with E-state index in [4.69, 9.17) is 16.9 Å². The topological polar surface area (TPSA) is 70.0 Å². The largest absolute Gasteiger partial charge is 0.244 e. The summed E-state index contributed by atoms with van der Waals surface area (Å²) in [4.78, 5) is -0.0208. The van der Waals surface area contributed by atoms with E-state index in [0.29, 0.717) is 4.47 Å². The lowest BCUT2D eigenvalue weighted by molar-refractivity contribution is 0.559. The van der Waals surface area contributed by atoms with Gasteiger partial charge in [0.25, 0.3) is 0 Å². The number of nitriles is 1. The Morgan fingerprint density at radius 3 is 2.67 bits per heavy atom. The van der Waals surface area contributed by atoms with Crippen LogP contribution >= 0.6 is 27.5 Å². The number of halogens is 2. The molecule has 1 N–H and O–H groups in total. The number of benzene rings is 1. The van der Waals surface area contributed by atoms with Crippen molar-refractivity contribution in [1.82, 2.24) is 4.72 Å². The molecule has 18 heavy (non-hydrogen) atoms. The van der Waals surface area contributed by atoms with E-state index in [1.807, 2.05) is 6.07 Å². The summed E-state index contributed by atoms with van der Waals surface area (Å²) in [6.07, 6.45) is 1.76. The molecule has 0 radical (unpaired) electrons. The standard InChI is InChI=1S/C11H10BrClN2O2S/c12-8-2-1-3-9(13)11(8)18(16,17)15-10(6-14)7-4-5-7/h1-3,7,10,15H,4-5H2. The summed E-state index contributed by atoms with van der Waals surface area (Å²) in [6.45, 7) is 0. The zero-order valence-corrected chi connectivity index (χ0v) is 12.4. The van der Waals surface area contributed by atoms with Crippen molar-refractivity contribution >= 4 is 37.6 Å². The smallest absolute Gasteiger partial charge is 0.207 e. The molecule has 96 valence electrons. The Labute approximate surface area is 119 Å². The van der Waals surface area contributed by atoms with Crippen molar-refractivity contribution in [2.45, 2.75) is 23.8 Å². The molecule has 0 amide bonds. The maximum atomic E-state index is 12.2. The van der Waals surface area contributed by atoms with Crippen LogP contribution < -0.4 is 4.72 Å². The molecule has 0 heterocycles. The van der Waals surface area contributed by atoms with Crippen molar-refractivity contribution < 1.29 is 8.42 Å². The highest BCUT2D eigenvalue weighted by Crippen LogP contribution is 2.34. The molecule has 0 spiro atoms. The molecule has 1 atom stereocenters. The lowest BCUT2D eigenvalue weighted by atomic mass is 10.2. The van der Waals surface area contributed by atoms with Gasteiger partial charge in [-0.05, 0) is 46.8 Å². The molecule has 0 saturated heterocycles. The minimum Gasteiger partial charge on any atom is -0.207 e.